The van der Waals surface area contributed by atoms with Crippen LogP contribution in [0, 0.1) is 6.92 Å². The lowest BCUT2D eigenvalue weighted by Gasteiger charge is -2.33. The van der Waals surface area contributed by atoms with E-state index in [1.165, 1.54) is 4.90 Å². The van der Waals surface area contributed by atoms with Crippen LogP contribution in [0.25, 0.3) is 0 Å². The zero-order valence-electron chi connectivity index (χ0n) is 20.1. The van der Waals surface area contributed by atoms with Gasteiger partial charge in [0, 0.05) is 12.6 Å². The van der Waals surface area contributed by atoms with E-state index in [1.54, 1.807) is 18.2 Å². The van der Waals surface area contributed by atoms with Gasteiger partial charge in [0.15, 0.2) is 0 Å². The van der Waals surface area contributed by atoms with Gasteiger partial charge in [-0.2, -0.15) is 0 Å². The Bertz CT molecular complexity index is 1040. The topological polar surface area (TPSA) is 86.8 Å². The number of amides is 2. The first kappa shape index (κ1) is 26.4. The molecular formula is C25H35N3O4S. The Morgan fingerprint density at radius 3 is 2.24 bits per heavy atom. The predicted octanol–water partition coefficient (Wildman–Crippen LogP) is 3.14. The molecule has 7 nitrogen and oxygen atoms in total. The van der Waals surface area contributed by atoms with Crippen LogP contribution in [-0.2, 0) is 26.0 Å². The third-order valence-corrected chi connectivity index (χ3v) is 6.41. The molecule has 0 spiro atoms. The Kier molecular flexibility index (Phi) is 9.46. The molecule has 1 atom stereocenters. The van der Waals surface area contributed by atoms with Crippen molar-refractivity contribution in [2.75, 3.05) is 23.7 Å². The maximum absolute atomic E-state index is 13.5. The minimum atomic E-state index is -3.72. The van der Waals surface area contributed by atoms with Crippen LogP contribution >= 0.6 is 0 Å². The monoisotopic (exact) mass is 473 g/mol. The van der Waals surface area contributed by atoms with Crippen LogP contribution in [0.1, 0.15) is 38.3 Å². The van der Waals surface area contributed by atoms with E-state index in [1.807, 2.05) is 64.1 Å². The Hall–Kier alpha value is -2.87. The van der Waals surface area contributed by atoms with Gasteiger partial charge >= 0.3 is 0 Å². The summed E-state index contributed by atoms with van der Waals surface area (Å²) < 4.78 is 26.3. The number of benzene rings is 2. The highest BCUT2D eigenvalue weighted by molar-refractivity contribution is 7.92. The molecule has 0 radical (unpaired) electrons. The molecule has 0 aliphatic carbocycles. The van der Waals surface area contributed by atoms with E-state index in [4.69, 9.17) is 0 Å². The van der Waals surface area contributed by atoms with Crippen LogP contribution in [-0.4, -0.2) is 56.6 Å². The molecule has 2 rings (SSSR count). The molecule has 8 heteroatoms. The van der Waals surface area contributed by atoms with Crippen molar-refractivity contribution in [3.8, 4) is 0 Å². The van der Waals surface area contributed by atoms with Crippen molar-refractivity contribution >= 4 is 27.5 Å². The SMILES string of the molecule is CCC(C(=O)NC(C)C)N(CCc1ccccc1)C(=O)CN(c1cccc(C)c1)S(C)(=O)=O. The molecule has 1 unspecified atom stereocenters. The normalized spacial score (nSPS) is 12.3. The second-order valence-electron chi connectivity index (χ2n) is 8.52. The summed E-state index contributed by atoms with van der Waals surface area (Å²) in [4.78, 5) is 27.9. The minimum absolute atomic E-state index is 0.0718. The molecule has 2 amide bonds. The number of sulfonamides is 1. The fraction of sp³-hybridized carbons (Fsp3) is 0.440. The van der Waals surface area contributed by atoms with Crippen molar-refractivity contribution in [2.45, 2.75) is 52.6 Å². The lowest BCUT2D eigenvalue weighted by molar-refractivity contribution is -0.139. The third kappa shape index (κ3) is 7.89. The van der Waals surface area contributed by atoms with E-state index in [0.717, 1.165) is 21.7 Å². The second-order valence-corrected chi connectivity index (χ2v) is 10.4. The van der Waals surface area contributed by atoms with Crippen LogP contribution in [0.5, 0.6) is 0 Å². The predicted molar refractivity (Wildman–Crippen MR) is 133 cm³/mol. The van der Waals surface area contributed by atoms with Crippen molar-refractivity contribution in [1.82, 2.24) is 10.2 Å². The number of hydrogen-bond acceptors (Lipinski definition) is 4. The zero-order chi connectivity index (χ0) is 24.6. The molecule has 0 bridgehead atoms. The van der Waals surface area contributed by atoms with Gasteiger partial charge in [-0.3, -0.25) is 13.9 Å². The Labute approximate surface area is 197 Å². The summed E-state index contributed by atoms with van der Waals surface area (Å²) in [6.45, 7) is 7.37. The summed E-state index contributed by atoms with van der Waals surface area (Å²) in [5.74, 6) is -0.654. The first-order valence-electron chi connectivity index (χ1n) is 11.2. The Morgan fingerprint density at radius 2 is 1.70 bits per heavy atom. The first-order chi connectivity index (χ1) is 15.5. The number of anilines is 1. The van der Waals surface area contributed by atoms with Gasteiger partial charge in [0.2, 0.25) is 21.8 Å². The van der Waals surface area contributed by atoms with E-state index in [-0.39, 0.29) is 18.5 Å². The molecule has 0 fully saturated rings. The minimum Gasteiger partial charge on any atom is -0.352 e. The largest absolute Gasteiger partial charge is 0.352 e. The Morgan fingerprint density at radius 1 is 1.03 bits per heavy atom. The molecule has 1 N–H and O–H groups in total. The quantitative estimate of drug-likeness (QED) is 0.543. The van der Waals surface area contributed by atoms with Gasteiger partial charge in [-0.15, -0.1) is 0 Å². The molecule has 2 aromatic carbocycles. The van der Waals surface area contributed by atoms with Gasteiger partial charge in [0.25, 0.3) is 0 Å². The van der Waals surface area contributed by atoms with Crippen molar-refractivity contribution in [3.05, 3.63) is 65.7 Å². The van der Waals surface area contributed by atoms with Crippen LogP contribution in [0.4, 0.5) is 5.69 Å². The van der Waals surface area contributed by atoms with Crippen LogP contribution < -0.4 is 9.62 Å². The number of nitrogens with one attached hydrogen (secondary N) is 1. The fourth-order valence-electron chi connectivity index (χ4n) is 3.67. The number of rotatable bonds is 11. The van der Waals surface area contributed by atoms with E-state index in [9.17, 15) is 18.0 Å². The summed E-state index contributed by atoms with van der Waals surface area (Å²) in [6.07, 6.45) is 2.06. The maximum Gasteiger partial charge on any atom is 0.244 e. The number of nitrogens with zero attached hydrogens (tertiary/aromatic N) is 2. The summed E-state index contributed by atoms with van der Waals surface area (Å²) in [5, 5.41) is 2.89. The number of aryl methyl sites for hydroxylation is 1. The molecule has 0 aliphatic heterocycles. The van der Waals surface area contributed by atoms with Gasteiger partial charge in [-0.25, -0.2) is 8.42 Å². The molecule has 2 aromatic rings. The third-order valence-electron chi connectivity index (χ3n) is 5.27. The molecule has 180 valence electrons. The average Bonchev–Trinajstić information content (AvgIpc) is 2.74. The number of hydrogen-bond donors (Lipinski definition) is 1. The van der Waals surface area contributed by atoms with Crippen molar-refractivity contribution in [2.24, 2.45) is 0 Å². The van der Waals surface area contributed by atoms with E-state index < -0.39 is 22.0 Å². The fourth-order valence-corrected chi connectivity index (χ4v) is 4.51. The highest BCUT2D eigenvalue weighted by atomic mass is 32.2. The van der Waals surface area contributed by atoms with E-state index in [0.29, 0.717) is 25.1 Å². The van der Waals surface area contributed by atoms with Gasteiger partial charge < -0.3 is 10.2 Å². The van der Waals surface area contributed by atoms with Gasteiger partial charge in [0.1, 0.15) is 12.6 Å². The van der Waals surface area contributed by atoms with Crippen LogP contribution in [0.3, 0.4) is 0 Å². The van der Waals surface area contributed by atoms with Gasteiger partial charge in [-0.1, -0.05) is 49.4 Å². The number of carbonyl (C=O) groups excluding carboxylic acids is 2. The molecule has 0 saturated carbocycles. The van der Waals surface area contributed by atoms with Crippen molar-refractivity contribution in [3.63, 3.8) is 0 Å². The second kappa shape index (κ2) is 11.8. The standard InChI is InChI=1S/C25H35N3O4S/c1-6-23(25(30)26-19(2)3)27(16-15-21-12-8-7-9-13-21)24(29)18-28(33(5,31)32)22-14-10-11-20(4)17-22/h7-14,17,19,23H,6,15-16,18H2,1-5H3,(H,26,30). The lowest BCUT2D eigenvalue weighted by Crippen LogP contribution is -2.54. The molecular weight excluding hydrogens is 438 g/mol. The molecule has 0 aromatic heterocycles. The lowest BCUT2D eigenvalue weighted by atomic mass is 10.1. The summed E-state index contributed by atoms with van der Waals surface area (Å²) >= 11 is 0. The average molecular weight is 474 g/mol. The van der Waals surface area contributed by atoms with Crippen LogP contribution in [0.15, 0.2) is 54.6 Å². The van der Waals surface area contributed by atoms with Gasteiger partial charge in [0.05, 0.1) is 11.9 Å². The zero-order valence-corrected chi connectivity index (χ0v) is 20.9. The highest BCUT2D eigenvalue weighted by Gasteiger charge is 2.31. The highest BCUT2D eigenvalue weighted by Crippen LogP contribution is 2.20. The summed E-state index contributed by atoms with van der Waals surface area (Å²) in [7, 11) is -3.72. The maximum atomic E-state index is 13.5. The van der Waals surface area contributed by atoms with Gasteiger partial charge in [-0.05, 0) is 56.9 Å². The molecule has 33 heavy (non-hydrogen) atoms. The van der Waals surface area contributed by atoms with Crippen LogP contribution in [0.2, 0.25) is 0 Å². The summed E-state index contributed by atoms with van der Waals surface area (Å²) in [6, 6.07) is 15.9. The van der Waals surface area contributed by atoms with Crippen molar-refractivity contribution < 1.29 is 18.0 Å². The van der Waals surface area contributed by atoms with E-state index >= 15 is 0 Å². The van der Waals surface area contributed by atoms with Crippen molar-refractivity contribution in [1.29, 1.82) is 0 Å². The number of carbonyl (C=O) groups is 2. The Balaban J connectivity index is 2.36. The van der Waals surface area contributed by atoms with E-state index in [2.05, 4.69) is 5.32 Å². The summed E-state index contributed by atoms with van der Waals surface area (Å²) in [5.41, 5.74) is 2.35. The smallest absolute Gasteiger partial charge is 0.244 e. The first-order valence-corrected chi connectivity index (χ1v) is 13.1. The molecule has 0 saturated heterocycles. The molecule has 0 heterocycles. The molecule has 0 aliphatic rings.